The van der Waals surface area contributed by atoms with Gasteiger partial charge in [-0.2, -0.15) is 0 Å². The Morgan fingerprint density at radius 1 is 1.39 bits per heavy atom. The van der Waals surface area contributed by atoms with E-state index < -0.39 is 5.97 Å². The summed E-state index contributed by atoms with van der Waals surface area (Å²) in [5.41, 5.74) is 2.24. The van der Waals surface area contributed by atoms with E-state index in [9.17, 15) is 4.79 Å². The number of rotatable bonds is 4. The average Bonchev–Trinajstić information content (AvgIpc) is 2.73. The molecule has 1 heterocycles. The Morgan fingerprint density at radius 2 is 2.06 bits per heavy atom. The zero-order valence-electron chi connectivity index (χ0n) is 10.2. The number of carboxylic acid groups (broad SMARTS) is 1. The van der Waals surface area contributed by atoms with Gasteiger partial charge in [0.1, 0.15) is 5.75 Å². The Labute approximate surface area is 104 Å². The molecular weight excluding hydrogens is 232 g/mol. The predicted octanol–water partition coefficient (Wildman–Crippen LogP) is 2.48. The number of aromatic nitrogens is 2. The highest BCUT2D eigenvalue weighted by molar-refractivity contribution is 5.84. The smallest absolute Gasteiger partial charge is 0.371 e. The van der Waals surface area contributed by atoms with Gasteiger partial charge in [0.05, 0.1) is 12.3 Å². The summed E-state index contributed by atoms with van der Waals surface area (Å²) < 4.78 is 5.35. The molecule has 0 amide bonds. The molecule has 0 atom stereocenters. The molecule has 2 aromatic rings. The highest BCUT2D eigenvalue weighted by atomic mass is 16.5. The lowest BCUT2D eigenvalue weighted by Crippen LogP contribution is -1.98. The SMILES string of the molecule is CCOc1ccc(-c2nc(C(=O)O)[nH]c2C)cc1. The van der Waals surface area contributed by atoms with E-state index in [1.165, 1.54) is 0 Å². The van der Waals surface area contributed by atoms with Crippen molar-refractivity contribution in [2.45, 2.75) is 13.8 Å². The maximum atomic E-state index is 10.8. The molecule has 94 valence electrons. The van der Waals surface area contributed by atoms with E-state index >= 15 is 0 Å². The molecule has 0 fully saturated rings. The standard InChI is InChI=1S/C13H14N2O3/c1-3-18-10-6-4-9(5-7-10)11-8(2)14-12(15-11)13(16)17/h4-7H,3H2,1-2H3,(H,14,15)(H,16,17). The van der Waals surface area contributed by atoms with E-state index in [0.29, 0.717) is 12.3 Å². The van der Waals surface area contributed by atoms with Gasteiger partial charge in [-0.3, -0.25) is 0 Å². The zero-order valence-corrected chi connectivity index (χ0v) is 10.2. The van der Waals surface area contributed by atoms with Crippen LogP contribution < -0.4 is 4.74 Å². The number of aromatic amines is 1. The van der Waals surface area contributed by atoms with Crippen LogP contribution in [0.1, 0.15) is 23.2 Å². The van der Waals surface area contributed by atoms with Crippen molar-refractivity contribution in [2.75, 3.05) is 6.61 Å². The fourth-order valence-corrected chi connectivity index (χ4v) is 1.72. The van der Waals surface area contributed by atoms with Gasteiger partial charge in [-0.15, -0.1) is 0 Å². The van der Waals surface area contributed by atoms with Gasteiger partial charge in [-0.05, 0) is 38.1 Å². The molecular formula is C13H14N2O3. The summed E-state index contributed by atoms with van der Waals surface area (Å²) >= 11 is 0. The third-order valence-electron chi connectivity index (χ3n) is 2.53. The Morgan fingerprint density at radius 3 is 2.56 bits per heavy atom. The van der Waals surface area contributed by atoms with E-state index in [4.69, 9.17) is 9.84 Å². The average molecular weight is 246 g/mol. The third kappa shape index (κ3) is 2.34. The van der Waals surface area contributed by atoms with Gasteiger partial charge in [0.15, 0.2) is 0 Å². The summed E-state index contributed by atoms with van der Waals surface area (Å²) in [4.78, 5) is 17.6. The number of benzene rings is 1. The van der Waals surface area contributed by atoms with E-state index in [1.54, 1.807) is 6.92 Å². The van der Waals surface area contributed by atoms with Crippen LogP contribution in [0.4, 0.5) is 0 Å². The summed E-state index contributed by atoms with van der Waals surface area (Å²) in [7, 11) is 0. The first-order chi connectivity index (χ1) is 8.61. The fraction of sp³-hybridized carbons (Fsp3) is 0.231. The molecule has 1 aromatic carbocycles. The van der Waals surface area contributed by atoms with Gasteiger partial charge in [-0.1, -0.05) is 0 Å². The summed E-state index contributed by atoms with van der Waals surface area (Å²) in [6.45, 7) is 4.33. The van der Waals surface area contributed by atoms with Gasteiger partial charge >= 0.3 is 5.97 Å². The molecule has 0 radical (unpaired) electrons. The van der Waals surface area contributed by atoms with Gasteiger partial charge in [0.25, 0.3) is 0 Å². The second-order valence-electron chi connectivity index (χ2n) is 3.82. The molecule has 0 saturated carbocycles. The molecule has 18 heavy (non-hydrogen) atoms. The minimum absolute atomic E-state index is 0.0450. The number of hydrogen-bond donors (Lipinski definition) is 2. The predicted molar refractivity (Wildman–Crippen MR) is 66.9 cm³/mol. The van der Waals surface area contributed by atoms with E-state index in [0.717, 1.165) is 17.0 Å². The number of ether oxygens (including phenoxy) is 1. The largest absolute Gasteiger partial charge is 0.494 e. The molecule has 1 aromatic heterocycles. The first kappa shape index (κ1) is 12.2. The number of carbonyl (C=O) groups is 1. The Kier molecular flexibility index (Phi) is 3.32. The summed E-state index contributed by atoms with van der Waals surface area (Å²) in [6.07, 6.45) is 0. The number of imidazole rings is 1. The zero-order chi connectivity index (χ0) is 13.1. The van der Waals surface area contributed by atoms with Crippen LogP contribution in [0.2, 0.25) is 0 Å². The quantitative estimate of drug-likeness (QED) is 0.869. The Bertz CT molecular complexity index is 558. The normalized spacial score (nSPS) is 10.3. The van der Waals surface area contributed by atoms with Crippen LogP contribution in [0.25, 0.3) is 11.3 Å². The van der Waals surface area contributed by atoms with Crippen molar-refractivity contribution in [3.8, 4) is 17.0 Å². The second-order valence-corrected chi connectivity index (χ2v) is 3.82. The van der Waals surface area contributed by atoms with Gasteiger partial charge in [0.2, 0.25) is 5.82 Å². The summed E-state index contributed by atoms with van der Waals surface area (Å²) in [5.74, 6) is -0.320. The highest BCUT2D eigenvalue weighted by Crippen LogP contribution is 2.23. The van der Waals surface area contributed by atoms with E-state index in [2.05, 4.69) is 9.97 Å². The minimum Gasteiger partial charge on any atom is -0.494 e. The number of hydrogen-bond acceptors (Lipinski definition) is 3. The summed E-state index contributed by atoms with van der Waals surface area (Å²) in [5, 5.41) is 8.87. The van der Waals surface area contributed by atoms with E-state index in [1.807, 2.05) is 31.2 Å². The molecule has 2 rings (SSSR count). The minimum atomic E-state index is -1.06. The van der Waals surface area contributed by atoms with Crippen molar-refractivity contribution < 1.29 is 14.6 Å². The number of nitrogens with one attached hydrogen (secondary N) is 1. The van der Waals surface area contributed by atoms with Crippen molar-refractivity contribution in [2.24, 2.45) is 0 Å². The monoisotopic (exact) mass is 246 g/mol. The first-order valence-corrected chi connectivity index (χ1v) is 5.65. The molecule has 0 aliphatic carbocycles. The molecule has 0 aliphatic rings. The van der Waals surface area contributed by atoms with Crippen molar-refractivity contribution in [1.82, 2.24) is 9.97 Å². The Hall–Kier alpha value is -2.30. The number of carboxylic acids is 1. The van der Waals surface area contributed by atoms with Crippen LogP contribution in [-0.4, -0.2) is 27.7 Å². The van der Waals surface area contributed by atoms with Crippen molar-refractivity contribution in [1.29, 1.82) is 0 Å². The van der Waals surface area contributed by atoms with E-state index in [-0.39, 0.29) is 5.82 Å². The third-order valence-corrected chi connectivity index (χ3v) is 2.53. The lowest BCUT2D eigenvalue weighted by molar-refractivity contribution is 0.0684. The van der Waals surface area contributed by atoms with Crippen LogP contribution in [0.15, 0.2) is 24.3 Å². The number of H-pyrrole nitrogens is 1. The van der Waals surface area contributed by atoms with Crippen LogP contribution in [-0.2, 0) is 0 Å². The number of aryl methyl sites for hydroxylation is 1. The molecule has 5 nitrogen and oxygen atoms in total. The van der Waals surface area contributed by atoms with Crippen LogP contribution >= 0.6 is 0 Å². The number of aromatic carboxylic acids is 1. The van der Waals surface area contributed by atoms with Gasteiger partial charge in [-0.25, -0.2) is 9.78 Å². The van der Waals surface area contributed by atoms with Gasteiger partial charge in [0, 0.05) is 11.3 Å². The van der Waals surface area contributed by atoms with Crippen LogP contribution in [0.3, 0.4) is 0 Å². The molecule has 0 spiro atoms. The highest BCUT2D eigenvalue weighted by Gasteiger charge is 2.13. The summed E-state index contributed by atoms with van der Waals surface area (Å²) in [6, 6.07) is 7.40. The molecule has 0 unspecified atom stereocenters. The lowest BCUT2D eigenvalue weighted by Gasteiger charge is -2.03. The first-order valence-electron chi connectivity index (χ1n) is 5.65. The molecule has 0 bridgehead atoms. The maximum Gasteiger partial charge on any atom is 0.371 e. The molecule has 0 saturated heterocycles. The van der Waals surface area contributed by atoms with Crippen LogP contribution in [0.5, 0.6) is 5.75 Å². The second kappa shape index (κ2) is 4.91. The topological polar surface area (TPSA) is 75.2 Å². The number of nitrogens with zero attached hydrogens (tertiary/aromatic N) is 1. The van der Waals surface area contributed by atoms with Crippen molar-refractivity contribution >= 4 is 5.97 Å². The maximum absolute atomic E-state index is 10.8. The van der Waals surface area contributed by atoms with Crippen molar-refractivity contribution in [3.63, 3.8) is 0 Å². The molecule has 2 N–H and O–H groups in total. The molecule has 0 aliphatic heterocycles. The Balaban J connectivity index is 2.33. The lowest BCUT2D eigenvalue weighted by atomic mass is 10.1. The van der Waals surface area contributed by atoms with Crippen LogP contribution in [0, 0.1) is 6.92 Å². The van der Waals surface area contributed by atoms with Gasteiger partial charge < -0.3 is 14.8 Å². The molecule has 5 heteroatoms. The van der Waals surface area contributed by atoms with Crippen molar-refractivity contribution in [3.05, 3.63) is 35.8 Å². The fourth-order valence-electron chi connectivity index (χ4n) is 1.72.